The van der Waals surface area contributed by atoms with Crippen LogP contribution in [0.5, 0.6) is 0 Å². The van der Waals surface area contributed by atoms with E-state index in [2.05, 4.69) is 10.2 Å². The third kappa shape index (κ3) is 3.47. The Balaban J connectivity index is 1.85. The molecule has 18 heavy (non-hydrogen) atoms. The Hall–Kier alpha value is -1.06. The zero-order chi connectivity index (χ0) is 13.0. The van der Waals surface area contributed by atoms with Crippen LogP contribution in [0.15, 0.2) is 24.3 Å². The van der Waals surface area contributed by atoms with Gasteiger partial charge in [-0.05, 0) is 30.5 Å². The van der Waals surface area contributed by atoms with Crippen LogP contribution in [-0.4, -0.2) is 31.8 Å². The average Bonchev–Trinajstić information content (AvgIpc) is 2.89. The SMILES string of the molecule is CN(C)c1ccc(C(O)CNC2CCCC2)cc1. The molecule has 100 valence electrons. The number of aliphatic hydroxyl groups is 1. The second-order valence-electron chi connectivity index (χ2n) is 5.39. The summed E-state index contributed by atoms with van der Waals surface area (Å²) in [6, 6.07) is 8.73. The molecule has 0 aromatic heterocycles. The van der Waals surface area contributed by atoms with Gasteiger partial charge in [-0.15, -0.1) is 0 Å². The lowest BCUT2D eigenvalue weighted by Gasteiger charge is -2.18. The Kier molecular flexibility index (Phi) is 4.61. The van der Waals surface area contributed by atoms with E-state index < -0.39 is 6.10 Å². The van der Waals surface area contributed by atoms with Gasteiger partial charge in [-0.2, -0.15) is 0 Å². The molecule has 0 bridgehead atoms. The van der Waals surface area contributed by atoms with E-state index in [-0.39, 0.29) is 0 Å². The number of benzene rings is 1. The highest BCUT2D eigenvalue weighted by molar-refractivity contribution is 5.46. The smallest absolute Gasteiger partial charge is 0.0914 e. The quantitative estimate of drug-likeness (QED) is 0.839. The first-order valence-corrected chi connectivity index (χ1v) is 6.85. The maximum absolute atomic E-state index is 10.1. The van der Waals surface area contributed by atoms with Gasteiger partial charge in [-0.25, -0.2) is 0 Å². The van der Waals surface area contributed by atoms with Crippen LogP contribution in [0, 0.1) is 0 Å². The largest absolute Gasteiger partial charge is 0.387 e. The summed E-state index contributed by atoms with van der Waals surface area (Å²) in [6.07, 6.45) is 4.76. The molecule has 1 atom stereocenters. The Morgan fingerprint density at radius 3 is 2.39 bits per heavy atom. The van der Waals surface area contributed by atoms with Gasteiger partial charge in [-0.3, -0.25) is 0 Å². The highest BCUT2D eigenvalue weighted by atomic mass is 16.3. The van der Waals surface area contributed by atoms with Crippen molar-refractivity contribution in [2.45, 2.75) is 37.8 Å². The van der Waals surface area contributed by atoms with Gasteiger partial charge in [-0.1, -0.05) is 25.0 Å². The van der Waals surface area contributed by atoms with Crippen molar-refractivity contribution in [3.8, 4) is 0 Å². The standard InChI is InChI=1S/C15H24N2O/c1-17(2)14-9-7-12(8-10-14)15(18)11-16-13-5-3-4-6-13/h7-10,13,15-16,18H,3-6,11H2,1-2H3. The predicted molar refractivity (Wildman–Crippen MR) is 76.0 cm³/mol. The van der Waals surface area contributed by atoms with Crippen molar-refractivity contribution >= 4 is 5.69 Å². The summed E-state index contributed by atoms with van der Waals surface area (Å²) < 4.78 is 0. The molecule has 1 unspecified atom stereocenters. The molecular formula is C15H24N2O. The molecule has 0 amide bonds. The minimum Gasteiger partial charge on any atom is -0.387 e. The van der Waals surface area contributed by atoms with Crippen LogP contribution in [0.2, 0.25) is 0 Å². The minimum absolute atomic E-state index is 0.401. The number of aliphatic hydroxyl groups excluding tert-OH is 1. The average molecular weight is 248 g/mol. The molecule has 2 N–H and O–H groups in total. The van der Waals surface area contributed by atoms with E-state index in [9.17, 15) is 5.11 Å². The maximum atomic E-state index is 10.1. The summed E-state index contributed by atoms with van der Waals surface area (Å²) in [5.41, 5.74) is 2.15. The summed E-state index contributed by atoms with van der Waals surface area (Å²) in [7, 11) is 4.04. The normalized spacial score (nSPS) is 17.9. The fourth-order valence-electron chi connectivity index (χ4n) is 2.52. The lowest BCUT2D eigenvalue weighted by atomic mass is 10.1. The van der Waals surface area contributed by atoms with Crippen LogP contribution in [0.25, 0.3) is 0 Å². The molecule has 0 heterocycles. The molecule has 1 aliphatic rings. The van der Waals surface area contributed by atoms with E-state index in [1.54, 1.807) is 0 Å². The molecule has 1 saturated carbocycles. The van der Waals surface area contributed by atoms with Gasteiger partial charge in [0.2, 0.25) is 0 Å². The second kappa shape index (κ2) is 6.21. The van der Waals surface area contributed by atoms with Gasteiger partial charge in [0, 0.05) is 32.4 Å². The lowest BCUT2D eigenvalue weighted by Crippen LogP contribution is -2.30. The molecule has 0 spiro atoms. The molecular weight excluding hydrogens is 224 g/mol. The number of hydrogen-bond acceptors (Lipinski definition) is 3. The van der Waals surface area contributed by atoms with E-state index in [4.69, 9.17) is 0 Å². The van der Waals surface area contributed by atoms with Crippen molar-refractivity contribution in [3.05, 3.63) is 29.8 Å². The van der Waals surface area contributed by atoms with E-state index in [1.165, 1.54) is 25.7 Å². The van der Waals surface area contributed by atoms with Crippen LogP contribution in [-0.2, 0) is 0 Å². The zero-order valence-electron chi connectivity index (χ0n) is 11.4. The van der Waals surface area contributed by atoms with Gasteiger partial charge < -0.3 is 15.3 Å². The molecule has 3 nitrogen and oxygen atoms in total. The Morgan fingerprint density at radius 1 is 1.22 bits per heavy atom. The van der Waals surface area contributed by atoms with Crippen molar-refractivity contribution in [2.24, 2.45) is 0 Å². The summed E-state index contributed by atoms with van der Waals surface area (Å²) >= 11 is 0. The summed E-state index contributed by atoms with van der Waals surface area (Å²) in [4.78, 5) is 2.06. The number of anilines is 1. The van der Waals surface area contributed by atoms with Crippen LogP contribution in [0.3, 0.4) is 0 Å². The molecule has 2 rings (SSSR count). The zero-order valence-corrected chi connectivity index (χ0v) is 11.4. The predicted octanol–water partition coefficient (Wildman–Crippen LogP) is 2.32. The third-order valence-corrected chi connectivity index (χ3v) is 3.75. The van der Waals surface area contributed by atoms with Crippen LogP contribution in [0.1, 0.15) is 37.4 Å². The summed E-state index contributed by atoms with van der Waals surface area (Å²) in [5, 5.41) is 13.6. The highest BCUT2D eigenvalue weighted by Gasteiger charge is 2.16. The molecule has 1 aliphatic carbocycles. The van der Waals surface area contributed by atoms with Gasteiger partial charge in [0.05, 0.1) is 6.10 Å². The highest BCUT2D eigenvalue weighted by Crippen LogP contribution is 2.20. The van der Waals surface area contributed by atoms with Crippen LogP contribution >= 0.6 is 0 Å². The lowest BCUT2D eigenvalue weighted by molar-refractivity contribution is 0.170. The van der Waals surface area contributed by atoms with Crippen LogP contribution < -0.4 is 10.2 Å². The van der Waals surface area contributed by atoms with Gasteiger partial charge >= 0.3 is 0 Å². The van der Waals surface area contributed by atoms with Crippen LogP contribution in [0.4, 0.5) is 5.69 Å². The van der Waals surface area contributed by atoms with Crippen molar-refractivity contribution in [1.82, 2.24) is 5.32 Å². The van der Waals surface area contributed by atoms with Crippen molar-refractivity contribution in [3.63, 3.8) is 0 Å². The monoisotopic (exact) mass is 248 g/mol. The number of nitrogens with zero attached hydrogens (tertiary/aromatic N) is 1. The fraction of sp³-hybridized carbons (Fsp3) is 0.600. The van der Waals surface area contributed by atoms with E-state index in [0.717, 1.165) is 11.3 Å². The van der Waals surface area contributed by atoms with E-state index in [0.29, 0.717) is 12.6 Å². The number of rotatable bonds is 5. The van der Waals surface area contributed by atoms with Crippen molar-refractivity contribution < 1.29 is 5.11 Å². The van der Waals surface area contributed by atoms with Gasteiger partial charge in [0.1, 0.15) is 0 Å². The molecule has 3 heteroatoms. The fourth-order valence-corrected chi connectivity index (χ4v) is 2.52. The Labute approximate surface area is 110 Å². The molecule has 1 fully saturated rings. The van der Waals surface area contributed by atoms with E-state index in [1.807, 2.05) is 38.4 Å². The summed E-state index contributed by atoms with van der Waals surface area (Å²) in [6.45, 7) is 0.659. The number of hydrogen-bond donors (Lipinski definition) is 2. The molecule has 0 aliphatic heterocycles. The van der Waals surface area contributed by atoms with E-state index >= 15 is 0 Å². The first-order valence-electron chi connectivity index (χ1n) is 6.85. The molecule has 0 saturated heterocycles. The Morgan fingerprint density at radius 2 is 1.83 bits per heavy atom. The molecule has 0 radical (unpaired) electrons. The van der Waals surface area contributed by atoms with Gasteiger partial charge in [0.15, 0.2) is 0 Å². The topological polar surface area (TPSA) is 35.5 Å². The first kappa shape index (κ1) is 13.4. The minimum atomic E-state index is -0.401. The Bertz CT molecular complexity index is 355. The van der Waals surface area contributed by atoms with Gasteiger partial charge in [0.25, 0.3) is 0 Å². The number of nitrogens with one attached hydrogen (secondary N) is 1. The van der Waals surface area contributed by atoms with Crippen molar-refractivity contribution in [2.75, 3.05) is 25.5 Å². The molecule has 1 aromatic carbocycles. The third-order valence-electron chi connectivity index (χ3n) is 3.75. The van der Waals surface area contributed by atoms with Crippen molar-refractivity contribution in [1.29, 1.82) is 0 Å². The molecule has 1 aromatic rings. The second-order valence-corrected chi connectivity index (χ2v) is 5.39. The summed E-state index contributed by atoms with van der Waals surface area (Å²) in [5.74, 6) is 0. The maximum Gasteiger partial charge on any atom is 0.0914 e. The first-order chi connectivity index (χ1) is 8.66.